The van der Waals surface area contributed by atoms with E-state index >= 15 is 0 Å². The van der Waals surface area contributed by atoms with Crippen LogP contribution in [-0.4, -0.2) is 44.7 Å². The molecule has 1 atom stereocenters. The second-order valence-electron chi connectivity index (χ2n) is 10.2. The lowest BCUT2D eigenvalue weighted by molar-refractivity contribution is -0.128. The summed E-state index contributed by atoms with van der Waals surface area (Å²) in [6.07, 6.45) is 0. The summed E-state index contributed by atoms with van der Waals surface area (Å²) in [6.45, 7) is 9.33. The van der Waals surface area contributed by atoms with Gasteiger partial charge in [0.2, 0.25) is 11.8 Å². The number of carbonyl (C=O) groups is 3. The summed E-state index contributed by atoms with van der Waals surface area (Å²) in [4.78, 5) is 41.7. The average molecular weight is 528 g/mol. The summed E-state index contributed by atoms with van der Waals surface area (Å²) < 4.78 is 7.10. The van der Waals surface area contributed by atoms with E-state index in [1.54, 1.807) is 48.5 Å². The van der Waals surface area contributed by atoms with Crippen molar-refractivity contribution in [1.82, 2.24) is 20.3 Å². The predicted octanol–water partition coefficient (Wildman–Crippen LogP) is 4.72. The largest absolute Gasteiger partial charge is 0.494 e. The van der Waals surface area contributed by atoms with E-state index in [1.165, 1.54) is 16.5 Å². The molecule has 0 spiro atoms. The van der Waals surface area contributed by atoms with Gasteiger partial charge in [0.25, 0.3) is 0 Å². The first-order valence-electron chi connectivity index (χ1n) is 12.8. The zero-order valence-electron chi connectivity index (χ0n) is 22.8. The number of anilines is 1. The highest BCUT2D eigenvalue weighted by molar-refractivity contribution is 6.03. The molecule has 9 nitrogen and oxygen atoms in total. The van der Waals surface area contributed by atoms with Crippen molar-refractivity contribution < 1.29 is 19.1 Å². The number of rotatable bonds is 9. The van der Waals surface area contributed by atoms with Gasteiger partial charge in [0.15, 0.2) is 5.78 Å². The second-order valence-corrected chi connectivity index (χ2v) is 10.2. The molecule has 0 bridgehead atoms. The Labute approximate surface area is 227 Å². The number of benzene rings is 3. The first kappa shape index (κ1) is 27.5. The Morgan fingerprint density at radius 3 is 2.38 bits per heavy atom. The van der Waals surface area contributed by atoms with Crippen LogP contribution in [0.4, 0.5) is 5.69 Å². The maximum absolute atomic E-state index is 14.1. The topological polar surface area (TPSA) is 106 Å². The third-order valence-electron chi connectivity index (χ3n) is 6.02. The lowest BCUT2D eigenvalue weighted by Crippen LogP contribution is -2.50. The SMILES string of the molecule is CCOc1ccc(C(C(=O)NC(C)(C)C)N(C(=O)Cn2nnc3ccccc32)c2cccc(C(C)=O)c2)cc1. The van der Waals surface area contributed by atoms with Crippen LogP contribution in [0.1, 0.15) is 56.6 Å². The molecule has 1 unspecified atom stereocenters. The van der Waals surface area contributed by atoms with E-state index in [-0.39, 0.29) is 18.2 Å². The summed E-state index contributed by atoms with van der Waals surface area (Å²) in [5.74, 6) is -0.254. The molecule has 1 aromatic heterocycles. The fourth-order valence-electron chi connectivity index (χ4n) is 4.32. The van der Waals surface area contributed by atoms with Gasteiger partial charge in [-0.2, -0.15) is 0 Å². The van der Waals surface area contributed by atoms with E-state index in [1.807, 2.05) is 52.0 Å². The number of fused-ring (bicyclic) bond motifs is 1. The normalized spacial score (nSPS) is 12.1. The van der Waals surface area contributed by atoms with Crippen molar-refractivity contribution in [2.75, 3.05) is 11.5 Å². The van der Waals surface area contributed by atoms with Crippen molar-refractivity contribution in [2.45, 2.75) is 52.7 Å². The van der Waals surface area contributed by atoms with Gasteiger partial charge < -0.3 is 10.1 Å². The van der Waals surface area contributed by atoms with Crippen LogP contribution in [-0.2, 0) is 16.1 Å². The van der Waals surface area contributed by atoms with Crippen molar-refractivity contribution in [1.29, 1.82) is 0 Å². The molecule has 4 rings (SSSR count). The molecule has 39 heavy (non-hydrogen) atoms. The summed E-state index contributed by atoms with van der Waals surface area (Å²) in [6, 6.07) is 20.1. The Balaban J connectivity index is 1.85. The summed E-state index contributed by atoms with van der Waals surface area (Å²) in [5, 5.41) is 11.4. The van der Waals surface area contributed by atoms with Crippen LogP contribution in [0.2, 0.25) is 0 Å². The number of amides is 2. The molecule has 3 aromatic carbocycles. The molecule has 0 saturated heterocycles. The Bertz CT molecular complexity index is 1490. The molecule has 9 heteroatoms. The van der Waals surface area contributed by atoms with Crippen LogP contribution >= 0.6 is 0 Å². The molecular weight excluding hydrogens is 494 g/mol. The number of aromatic nitrogens is 3. The Morgan fingerprint density at radius 2 is 1.72 bits per heavy atom. The zero-order chi connectivity index (χ0) is 28.2. The molecule has 1 N–H and O–H groups in total. The number of hydrogen-bond acceptors (Lipinski definition) is 6. The number of ketones is 1. The van der Waals surface area contributed by atoms with Gasteiger partial charge >= 0.3 is 0 Å². The summed E-state index contributed by atoms with van der Waals surface area (Å²) in [7, 11) is 0. The molecule has 2 amide bonds. The van der Waals surface area contributed by atoms with Crippen molar-refractivity contribution in [3.8, 4) is 5.75 Å². The first-order valence-corrected chi connectivity index (χ1v) is 12.8. The molecule has 202 valence electrons. The number of hydrogen-bond donors (Lipinski definition) is 1. The van der Waals surface area contributed by atoms with Gasteiger partial charge in [0.05, 0.1) is 12.1 Å². The predicted molar refractivity (Wildman–Crippen MR) is 150 cm³/mol. The number of Topliss-reactive ketones (excluding diaryl/α,β-unsaturated/α-hetero) is 1. The minimum absolute atomic E-state index is 0.150. The second kappa shape index (κ2) is 11.5. The zero-order valence-corrected chi connectivity index (χ0v) is 22.8. The molecule has 0 saturated carbocycles. The van der Waals surface area contributed by atoms with E-state index in [9.17, 15) is 14.4 Å². The first-order chi connectivity index (χ1) is 18.6. The fraction of sp³-hybridized carbons (Fsp3) is 0.300. The van der Waals surface area contributed by atoms with Crippen LogP contribution in [0.25, 0.3) is 11.0 Å². The molecular formula is C30H33N5O4. The van der Waals surface area contributed by atoms with E-state index < -0.39 is 17.5 Å². The maximum atomic E-state index is 14.1. The molecule has 1 heterocycles. The number of carbonyl (C=O) groups excluding carboxylic acids is 3. The highest BCUT2D eigenvalue weighted by Gasteiger charge is 2.35. The van der Waals surface area contributed by atoms with E-state index in [4.69, 9.17) is 4.74 Å². The van der Waals surface area contributed by atoms with Gasteiger partial charge in [-0.1, -0.05) is 41.6 Å². The quantitative estimate of drug-likeness (QED) is 0.316. The van der Waals surface area contributed by atoms with Crippen LogP contribution in [0.15, 0.2) is 72.8 Å². The van der Waals surface area contributed by atoms with Gasteiger partial charge in [0, 0.05) is 16.8 Å². The van der Waals surface area contributed by atoms with Crippen LogP contribution in [0, 0.1) is 0 Å². The molecule has 4 aromatic rings. The molecule has 0 radical (unpaired) electrons. The number of para-hydroxylation sites is 1. The number of ether oxygens (including phenoxy) is 1. The lowest BCUT2D eigenvalue weighted by Gasteiger charge is -2.34. The minimum Gasteiger partial charge on any atom is -0.494 e. The van der Waals surface area contributed by atoms with E-state index in [0.717, 1.165) is 0 Å². The smallest absolute Gasteiger partial charge is 0.249 e. The van der Waals surface area contributed by atoms with E-state index in [0.29, 0.717) is 40.2 Å². The van der Waals surface area contributed by atoms with Crippen molar-refractivity contribution in [3.05, 3.63) is 83.9 Å². The Morgan fingerprint density at radius 1 is 1.00 bits per heavy atom. The van der Waals surface area contributed by atoms with Crippen molar-refractivity contribution in [2.24, 2.45) is 0 Å². The van der Waals surface area contributed by atoms with E-state index in [2.05, 4.69) is 15.6 Å². The maximum Gasteiger partial charge on any atom is 0.249 e. The fourth-order valence-corrected chi connectivity index (χ4v) is 4.32. The highest BCUT2D eigenvalue weighted by atomic mass is 16.5. The summed E-state index contributed by atoms with van der Waals surface area (Å²) >= 11 is 0. The summed E-state index contributed by atoms with van der Waals surface area (Å²) in [5.41, 5.74) is 2.23. The number of nitrogens with zero attached hydrogens (tertiary/aromatic N) is 4. The van der Waals surface area contributed by atoms with Crippen molar-refractivity contribution >= 4 is 34.3 Å². The molecule has 0 fully saturated rings. The minimum atomic E-state index is -1.04. The van der Waals surface area contributed by atoms with Crippen LogP contribution in [0.3, 0.4) is 0 Å². The standard InChI is InChI=1S/C30H33N5O4/c1-6-39-24-16-14-21(15-17-24)28(29(38)31-30(3,4)5)35(23-11-9-10-22(18-23)20(2)36)27(37)19-34-26-13-8-7-12-25(26)32-33-34/h7-18,28H,6,19H2,1-5H3,(H,31,38). The van der Waals surface area contributed by atoms with Gasteiger partial charge in [0.1, 0.15) is 23.9 Å². The molecule has 0 aliphatic heterocycles. The van der Waals surface area contributed by atoms with Gasteiger partial charge in [-0.3, -0.25) is 19.3 Å². The number of nitrogens with one attached hydrogen (secondary N) is 1. The monoisotopic (exact) mass is 527 g/mol. The van der Waals surface area contributed by atoms with Crippen LogP contribution in [0.5, 0.6) is 5.75 Å². The third kappa shape index (κ3) is 6.49. The third-order valence-corrected chi connectivity index (χ3v) is 6.02. The Hall–Kier alpha value is -4.53. The Kier molecular flexibility index (Phi) is 8.09. The van der Waals surface area contributed by atoms with Crippen molar-refractivity contribution in [3.63, 3.8) is 0 Å². The van der Waals surface area contributed by atoms with Gasteiger partial charge in [-0.25, -0.2) is 4.68 Å². The van der Waals surface area contributed by atoms with Gasteiger partial charge in [-0.15, -0.1) is 5.10 Å². The highest BCUT2D eigenvalue weighted by Crippen LogP contribution is 2.31. The lowest BCUT2D eigenvalue weighted by atomic mass is 10.00. The molecule has 0 aliphatic carbocycles. The van der Waals surface area contributed by atoms with Crippen LogP contribution < -0.4 is 15.0 Å². The average Bonchev–Trinajstić information content (AvgIpc) is 3.29. The molecule has 0 aliphatic rings. The van der Waals surface area contributed by atoms with Gasteiger partial charge in [-0.05, 0) is 76.6 Å².